The number of carbonyl (C=O) groups is 1. The second kappa shape index (κ2) is 6.00. The van der Waals surface area contributed by atoms with Crippen LogP contribution in [0.5, 0.6) is 5.75 Å². The molecule has 0 atom stereocenters. The predicted octanol–water partition coefficient (Wildman–Crippen LogP) is 3.65. The molecule has 0 radical (unpaired) electrons. The molecule has 2 aromatic carbocycles. The van der Waals surface area contributed by atoms with Crippen molar-refractivity contribution in [2.45, 2.75) is 13.8 Å². The van der Waals surface area contributed by atoms with Crippen LogP contribution >= 0.6 is 0 Å². The van der Waals surface area contributed by atoms with E-state index in [0.717, 1.165) is 38.9 Å². The molecule has 0 unspecified atom stereocenters. The zero-order valence-corrected chi connectivity index (χ0v) is 14.5. The van der Waals surface area contributed by atoms with Gasteiger partial charge in [-0.1, -0.05) is 6.07 Å². The summed E-state index contributed by atoms with van der Waals surface area (Å²) in [5.74, 6) is 0.443. The molecule has 0 saturated carbocycles. The first kappa shape index (κ1) is 16.1. The van der Waals surface area contributed by atoms with Crippen molar-refractivity contribution >= 4 is 16.9 Å². The number of aromatic nitrogens is 2. The third kappa shape index (κ3) is 2.52. The lowest BCUT2D eigenvalue weighted by atomic mass is 9.91. The average Bonchev–Trinajstić information content (AvgIpc) is 2.94. The SMILES string of the molecule is COC(=O)c1cc(-c2c(C)ccc(OC)c2C)c2cn(C)nc2c1. The number of hydrogen-bond donors (Lipinski definition) is 0. The summed E-state index contributed by atoms with van der Waals surface area (Å²) >= 11 is 0. The second-order valence-corrected chi connectivity index (χ2v) is 5.84. The summed E-state index contributed by atoms with van der Waals surface area (Å²) in [6.07, 6.45) is 1.96. The molecule has 5 nitrogen and oxygen atoms in total. The summed E-state index contributed by atoms with van der Waals surface area (Å²) in [5.41, 5.74) is 5.40. The molecule has 0 aliphatic carbocycles. The van der Waals surface area contributed by atoms with Gasteiger partial charge in [0.05, 0.1) is 25.3 Å². The molecule has 0 N–H and O–H groups in total. The van der Waals surface area contributed by atoms with E-state index in [4.69, 9.17) is 9.47 Å². The maximum Gasteiger partial charge on any atom is 0.337 e. The predicted molar refractivity (Wildman–Crippen MR) is 93.5 cm³/mol. The molecule has 5 heteroatoms. The molecule has 3 rings (SSSR count). The molecular formula is C19H20N2O3. The zero-order chi connectivity index (χ0) is 17.4. The minimum atomic E-state index is -0.373. The van der Waals surface area contributed by atoms with E-state index in [9.17, 15) is 4.79 Å². The molecule has 24 heavy (non-hydrogen) atoms. The first-order chi connectivity index (χ1) is 11.5. The number of nitrogens with zero attached hydrogens (tertiary/aromatic N) is 2. The molecule has 124 valence electrons. The van der Waals surface area contributed by atoms with Crippen LogP contribution in [-0.4, -0.2) is 30.0 Å². The number of methoxy groups -OCH3 is 2. The molecule has 1 aromatic heterocycles. The Labute approximate surface area is 140 Å². The van der Waals surface area contributed by atoms with E-state index in [0.29, 0.717) is 5.56 Å². The highest BCUT2D eigenvalue weighted by atomic mass is 16.5. The van der Waals surface area contributed by atoms with E-state index in [2.05, 4.69) is 12.0 Å². The molecule has 0 bridgehead atoms. The Morgan fingerprint density at radius 1 is 1.17 bits per heavy atom. The van der Waals surface area contributed by atoms with E-state index in [1.165, 1.54) is 7.11 Å². The largest absolute Gasteiger partial charge is 0.496 e. The number of benzene rings is 2. The molecular weight excluding hydrogens is 304 g/mol. The van der Waals surface area contributed by atoms with Gasteiger partial charge in [-0.25, -0.2) is 4.79 Å². The molecule has 1 heterocycles. The van der Waals surface area contributed by atoms with Crippen molar-refractivity contribution < 1.29 is 14.3 Å². The quantitative estimate of drug-likeness (QED) is 0.690. The zero-order valence-electron chi connectivity index (χ0n) is 14.5. The van der Waals surface area contributed by atoms with Gasteiger partial charge in [0, 0.05) is 18.6 Å². The summed E-state index contributed by atoms with van der Waals surface area (Å²) in [7, 11) is 4.91. The average molecular weight is 324 g/mol. The van der Waals surface area contributed by atoms with E-state index in [-0.39, 0.29) is 5.97 Å². The summed E-state index contributed by atoms with van der Waals surface area (Å²) < 4.78 is 12.1. The van der Waals surface area contributed by atoms with Crippen LogP contribution in [-0.2, 0) is 11.8 Å². The van der Waals surface area contributed by atoms with E-state index < -0.39 is 0 Å². The van der Waals surface area contributed by atoms with Crippen LogP contribution in [0.2, 0.25) is 0 Å². The van der Waals surface area contributed by atoms with Crippen LogP contribution < -0.4 is 4.74 Å². The number of aryl methyl sites for hydroxylation is 2. The first-order valence-electron chi connectivity index (χ1n) is 7.66. The number of esters is 1. The maximum atomic E-state index is 12.1. The van der Waals surface area contributed by atoms with Gasteiger partial charge in [0.2, 0.25) is 0 Å². The lowest BCUT2D eigenvalue weighted by Crippen LogP contribution is -2.02. The van der Waals surface area contributed by atoms with Gasteiger partial charge in [-0.15, -0.1) is 0 Å². The normalized spacial score (nSPS) is 10.9. The Morgan fingerprint density at radius 3 is 2.58 bits per heavy atom. The topological polar surface area (TPSA) is 53.4 Å². The second-order valence-electron chi connectivity index (χ2n) is 5.84. The van der Waals surface area contributed by atoms with Crippen LogP contribution in [0.4, 0.5) is 0 Å². The summed E-state index contributed by atoms with van der Waals surface area (Å²) in [6.45, 7) is 4.07. The highest BCUT2D eigenvalue weighted by molar-refractivity contribution is 6.02. The van der Waals surface area contributed by atoms with Gasteiger partial charge in [0.25, 0.3) is 0 Å². The molecule has 0 spiro atoms. The van der Waals surface area contributed by atoms with Crippen molar-refractivity contribution in [3.05, 3.63) is 47.2 Å². The van der Waals surface area contributed by atoms with E-state index >= 15 is 0 Å². The fraction of sp³-hybridized carbons (Fsp3) is 0.263. The number of carbonyl (C=O) groups excluding carboxylic acids is 1. The highest BCUT2D eigenvalue weighted by Crippen LogP contribution is 2.37. The van der Waals surface area contributed by atoms with Gasteiger partial charge in [-0.05, 0) is 54.3 Å². The first-order valence-corrected chi connectivity index (χ1v) is 7.66. The summed E-state index contributed by atoms with van der Waals surface area (Å²) in [4.78, 5) is 12.1. The lowest BCUT2D eigenvalue weighted by Gasteiger charge is -2.15. The molecule has 0 aliphatic rings. The number of rotatable bonds is 3. The Balaban J connectivity index is 2.39. The fourth-order valence-electron chi connectivity index (χ4n) is 3.15. The monoisotopic (exact) mass is 324 g/mol. The van der Waals surface area contributed by atoms with Gasteiger partial charge in [-0.2, -0.15) is 5.10 Å². The lowest BCUT2D eigenvalue weighted by molar-refractivity contribution is 0.0601. The number of ether oxygens (including phenoxy) is 2. The van der Waals surface area contributed by atoms with Crippen molar-refractivity contribution in [1.82, 2.24) is 9.78 Å². The summed E-state index contributed by atoms with van der Waals surface area (Å²) in [6, 6.07) is 7.60. The summed E-state index contributed by atoms with van der Waals surface area (Å²) in [5, 5.41) is 5.45. The van der Waals surface area contributed by atoms with Gasteiger partial charge >= 0.3 is 5.97 Å². The van der Waals surface area contributed by atoms with Crippen molar-refractivity contribution in [3.63, 3.8) is 0 Å². The van der Waals surface area contributed by atoms with Crippen molar-refractivity contribution in [2.24, 2.45) is 7.05 Å². The van der Waals surface area contributed by atoms with Crippen LogP contribution in [0.25, 0.3) is 22.0 Å². The standard InChI is InChI=1S/C19H20N2O3/c1-11-6-7-17(23-4)12(2)18(11)14-8-13(19(22)24-5)9-16-15(14)10-21(3)20-16/h6-10H,1-5H3. The molecule has 0 amide bonds. The van der Waals surface area contributed by atoms with Gasteiger partial charge in [-0.3, -0.25) is 4.68 Å². The highest BCUT2D eigenvalue weighted by Gasteiger charge is 2.18. The van der Waals surface area contributed by atoms with Crippen LogP contribution in [0.15, 0.2) is 30.5 Å². The molecule has 0 aliphatic heterocycles. The van der Waals surface area contributed by atoms with E-state index in [1.54, 1.807) is 17.9 Å². The van der Waals surface area contributed by atoms with Crippen molar-refractivity contribution in [2.75, 3.05) is 14.2 Å². The minimum Gasteiger partial charge on any atom is -0.496 e. The van der Waals surface area contributed by atoms with Crippen molar-refractivity contribution in [3.8, 4) is 16.9 Å². The Morgan fingerprint density at radius 2 is 1.92 bits per heavy atom. The molecule has 0 saturated heterocycles. The van der Waals surface area contributed by atoms with Crippen LogP contribution in [0.1, 0.15) is 21.5 Å². The third-order valence-electron chi connectivity index (χ3n) is 4.27. The fourth-order valence-corrected chi connectivity index (χ4v) is 3.15. The van der Waals surface area contributed by atoms with Gasteiger partial charge < -0.3 is 9.47 Å². The van der Waals surface area contributed by atoms with Crippen LogP contribution in [0, 0.1) is 13.8 Å². The van der Waals surface area contributed by atoms with E-state index in [1.807, 2.05) is 38.4 Å². The number of fused-ring (bicyclic) bond motifs is 1. The molecule has 3 aromatic rings. The minimum absolute atomic E-state index is 0.373. The number of hydrogen-bond acceptors (Lipinski definition) is 4. The van der Waals surface area contributed by atoms with Crippen molar-refractivity contribution in [1.29, 1.82) is 0 Å². The third-order valence-corrected chi connectivity index (χ3v) is 4.27. The Hall–Kier alpha value is -2.82. The van der Waals surface area contributed by atoms with Gasteiger partial charge in [0.15, 0.2) is 0 Å². The maximum absolute atomic E-state index is 12.1. The molecule has 0 fully saturated rings. The Bertz CT molecular complexity index is 941. The Kier molecular flexibility index (Phi) is 4.01. The van der Waals surface area contributed by atoms with Gasteiger partial charge in [0.1, 0.15) is 5.75 Å². The smallest absolute Gasteiger partial charge is 0.337 e. The van der Waals surface area contributed by atoms with Crippen LogP contribution in [0.3, 0.4) is 0 Å².